The van der Waals surface area contributed by atoms with Crippen molar-refractivity contribution in [1.29, 1.82) is 0 Å². The molecule has 0 bridgehead atoms. The lowest BCUT2D eigenvalue weighted by molar-refractivity contribution is -0.139. The van der Waals surface area contributed by atoms with Crippen LogP contribution in [-0.4, -0.2) is 48.1 Å². The maximum Gasteiger partial charge on any atom is 0.295 e. The van der Waals surface area contributed by atoms with Gasteiger partial charge >= 0.3 is 0 Å². The number of aliphatic hydroxyl groups is 1. The second-order valence-electron chi connectivity index (χ2n) is 9.71. The molecule has 39 heavy (non-hydrogen) atoms. The van der Waals surface area contributed by atoms with Gasteiger partial charge in [0.1, 0.15) is 24.7 Å². The van der Waals surface area contributed by atoms with Gasteiger partial charge in [-0.2, -0.15) is 0 Å². The van der Waals surface area contributed by atoms with Gasteiger partial charge in [0.05, 0.1) is 18.2 Å². The van der Waals surface area contributed by atoms with Crippen LogP contribution in [-0.2, 0) is 16.0 Å². The molecule has 1 atom stereocenters. The molecule has 0 radical (unpaired) electrons. The number of hydrogen-bond acceptors (Lipinski definition) is 6. The van der Waals surface area contributed by atoms with E-state index in [2.05, 4.69) is 6.92 Å². The highest BCUT2D eigenvalue weighted by atomic mass is 16.6. The second-order valence-corrected chi connectivity index (χ2v) is 9.71. The Kier molecular flexibility index (Phi) is 8.16. The number of rotatable bonds is 10. The molecule has 1 amide bonds. The SMILES string of the molecule is CCCCCOc1ccc([C@@H]2/C(=C(\O)c3ccc4c(c3)OCCO4)C(=O)C(=O)N2CCc2ccccc2)cc1. The van der Waals surface area contributed by atoms with Crippen LogP contribution in [0, 0.1) is 0 Å². The number of unbranched alkanes of at least 4 members (excludes halogenated alkanes) is 2. The Labute approximate surface area is 228 Å². The molecule has 0 unspecified atom stereocenters. The summed E-state index contributed by atoms with van der Waals surface area (Å²) in [6.07, 6.45) is 3.78. The summed E-state index contributed by atoms with van der Waals surface area (Å²) in [5.74, 6) is 0.215. The van der Waals surface area contributed by atoms with Crippen LogP contribution in [0.1, 0.15) is 48.9 Å². The highest BCUT2D eigenvalue weighted by Gasteiger charge is 2.46. The van der Waals surface area contributed by atoms with Gasteiger partial charge in [-0.3, -0.25) is 9.59 Å². The minimum Gasteiger partial charge on any atom is -0.507 e. The van der Waals surface area contributed by atoms with Gasteiger partial charge in [-0.15, -0.1) is 0 Å². The predicted octanol–water partition coefficient (Wildman–Crippen LogP) is 5.69. The molecule has 3 aromatic carbocycles. The summed E-state index contributed by atoms with van der Waals surface area (Å²) in [4.78, 5) is 28.3. The van der Waals surface area contributed by atoms with Gasteiger partial charge in [-0.05, 0) is 54.3 Å². The number of aliphatic hydroxyl groups excluding tert-OH is 1. The summed E-state index contributed by atoms with van der Waals surface area (Å²) in [5, 5.41) is 11.4. The standard InChI is InChI=1S/C32H33NO6/c1-2-3-7-18-37-25-13-10-23(11-14-25)29-28(30(34)24-12-15-26-27(21-24)39-20-19-38-26)31(35)32(36)33(29)17-16-22-8-5-4-6-9-22/h4-6,8-15,21,29,34H,2-3,7,16-20H2,1H3/b30-28+/t29-/m1/s1. The summed E-state index contributed by atoms with van der Waals surface area (Å²) in [6.45, 7) is 3.95. The molecule has 202 valence electrons. The Bertz CT molecular complexity index is 1350. The van der Waals surface area contributed by atoms with Gasteiger partial charge in [0.15, 0.2) is 11.5 Å². The maximum absolute atomic E-state index is 13.4. The maximum atomic E-state index is 13.4. The minimum absolute atomic E-state index is 0.0568. The topological polar surface area (TPSA) is 85.3 Å². The van der Waals surface area contributed by atoms with Crippen LogP contribution < -0.4 is 14.2 Å². The van der Waals surface area contributed by atoms with Crippen LogP contribution in [0.4, 0.5) is 0 Å². The third-order valence-corrected chi connectivity index (χ3v) is 7.05. The molecule has 1 N–H and O–H groups in total. The zero-order chi connectivity index (χ0) is 27.2. The van der Waals surface area contributed by atoms with E-state index < -0.39 is 17.7 Å². The first-order valence-electron chi connectivity index (χ1n) is 13.5. The van der Waals surface area contributed by atoms with E-state index in [0.29, 0.717) is 49.8 Å². The molecule has 0 aliphatic carbocycles. The molecule has 0 saturated carbocycles. The number of carbonyl (C=O) groups excluding carboxylic acids is 2. The second kappa shape index (κ2) is 12.1. The average molecular weight is 528 g/mol. The molecule has 1 fully saturated rings. The molecule has 0 aromatic heterocycles. The van der Waals surface area contributed by atoms with Crippen LogP contribution in [0.2, 0.25) is 0 Å². The van der Waals surface area contributed by atoms with Gasteiger partial charge in [-0.1, -0.05) is 62.2 Å². The quantitative estimate of drug-likeness (QED) is 0.158. The monoisotopic (exact) mass is 527 g/mol. The molecule has 3 aromatic rings. The van der Waals surface area contributed by atoms with Gasteiger partial charge < -0.3 is 24.2 Å². The molecule has 2 aliphatic heterocycles. The number of Topliss-reactive ketones (excluding diaryl/α,β-unsaturated/α-hetero) is 1. The Morgan fingerprint density at radius 2 is 1.69 bits per heavy atom. The Morgan fingerprint density at radius 3 is 2.44 bits per heavy atom. The Hall–Kier alpha value is -4.26. The van der Waals surface area contributed by atoms with E-state index in [1.54, 1.807) is 23.1 Å². The smallest absolute Gasteiger partial charge is 0.295 e. The molecule has 7 nitrogen and oxygen atoms in total. The number of fused-ring (bicyclic) bond motifs is 1. The molecular formula is C32H33NO6. The van der Waals surface area contributed by atoms with E-state index in [4.69, 9.17) is 14.2 Å². The molecule has 0 spiro atoms. The van der Waals surface area contributed by atoms with Crippen LogP contribution >= 0.6 is 0 Å². The molecule has 2 heterocycles. The number of nitrogens with zero attached hydrogens (tertiary/aromatic N) is 1. The van der Waals surface area contributed by atoms with Gasteiger partial charge in [0.2, 0.25) is 0 Å². The highest BCUT2D eigenvalue weighted by Crippen LogP contribution is 2.41. The third kappa shape index (κ3) is 5.77. The molecule has 7 heteroatoms. The fraction of sp³-hybridized carbons (Fsp3) is 0.312. The number of amides is 1. The largest absolute Gasteiger partial charge is 0.507 e. The first-order chi connectivity index (χ1) is 19.1. The predicted molar refractivity (Wildman–Crippen MR) is 148 cm³/mol. The summed E-state index contributed by atoms with van der Waals surface area (Å²) < 4.78 is 17.1. The van der Waals surface area contributed by atoms with Crippen LogP contribution in [0.5, 0.6) is 17.2 Å². The van der Waals surface area contributed by atoms with Crippen LogP contribution in [0.15, 0.2) is 78.4 Å². The fourth-order valence-corrected chi connectivity index (χ4v) is 4.99. The highest BCUT2D eigenvalue weighted by molar-refractivity contribution is 6.46. The van der Waals surface area contributed by atoms with E-state index in [0.717, 1.165) is 36.1 Å². The first-order valence-corrected chi connectivity index (χ1v) is 13.5. The summed E-state index contributed by atoms with van der Waals surface area (Å²) in [7, 11) is 0. The van der Waals surface area contributed by atoms with Gasteiger partial charge in [0.25, 0.3) is 11.7 Å². The number of ketones is 1. The van der Waals surface area contributed by atoms with Crippen molar-refractivity contribution in [3.05, 3.63) is 95.1 Å². The van der Waals surface area contributed by atoms with Crippen molar-refractivity contribution in [2.45, 2.75) is 38.6 Å². The van der Waals surface area contributed by atoms with E-state index in [1.807, 2.05) is 54.6 Å². The van der Waals surface area contributed by atoms with Gasteiger partial charge in [-0.25, -0.2) is 0 Å². The zero-order valence-electron chi connectivity index (χ0n) is 22.1. The molecule has 5 rings (SSSR count). The molecular weight excluding hydrogens is 494 g/mol. The Morgan fingerprint density at radius 1 is 0.949 bits per heavy atom. The van der Waals surface area contributed by atoms with E-state index in [1.165, 1.54) is 0 Å². The number of carbonyl (C=O) groups is 2. The van der Waals surface area contributed by atoms with Crippen molar-refractivity contribution in [2.24, 2.45) is 0 Å². The number of likely N-dealkylation sites (tertiary alicyclic amines) is 1. The van der Waals surface area contributed by atoms with Crippen molar-refractivity contribution in [3.8, 4) is 17.2 Å². The lowest BCUT2D eigenvalue weighted by atomic mass is 9.95. The number of ether oxygens (including phenoxy) is 3. The van der Waals surface area contributed by atoms with Crippen molar-refractivity contribution >= 4 is 17.4 Å². The number of benzene rings is 3. The van der Waals surface area contributed by atoms with Crippen LogP contribution in [0.25, 0.3) is 5.76 Å². The third-order valence-electron chi connectivity index (χ3n) is 7.05. The lowest BCUT2D eigenvalue weighted by Gasteiger charge is -2.26. The van der Waals surface area contributed by atoms with E-state index in [-0.39, 0.29) is 11.3 Å². The summed E-state index contributed by atoms with van der Waals surface area (Å²) >= 11 is 0. The van der Waals surface area contributed by atoms with Gasteiger partial charge in [0, 0.05) is 12.1 Å². The van der Waals surface area contributed by atoms with Crippen molar-refractivity contribution in [2.75, 3.05) is 26.4 Å². The van der Waals surface area contributed by atoms with Crippen molar-refractivity contribution in [1.82, 2.24) is 4.90 Å². The molecule has 2 aliphatic rings. The molecule has 1 saturated heterocycles. The van der Waals surface area contributed by atoms with Crippen LogP contribution in [0.3, 0.4) is 0 Å². The normalized spacial score (nSPS) is 17.9. The Balaban J connectivity index is 1.49. The lowest BCUT2D eigenvalue weighted by Crippen LogP contribution is -2.31. The number of hydrogen-bond donors (Lipinski definition) is 1. The van der Waals surface area contributed by atoms with E-state index in [9.17, 15) is 14.7 Å². The zero-order valence-corrected chi connectivity index (χ0v) is 22.1. The van der Waals surface area contributed by atoms with Crippen molar-refractivity contribution in [3.63, 3.8) is 0 Å². The summed E-state index contributed by atoms with van der Waals surface area (Å²) in [5.41, 5.74) is 2.23. The van der Waals surface area contributed by atoms with E-state index >= 15 is 0 Å². The first kappa shape index (κ1) is 26.4. The summed E-state index contributed by atoms with van der Waals surface area (Å²) in [6, 6.07) is 21.5. The fourth-order valence-electron chi connectivity index (χ4n) is 4.99. The van der Waals surface area contributed by atoms with Crippen molar-refractivity contribution < 1.29 is 28.9 Å². The average Bonchev–Trinajstić information content (AvgIpc) is 3.23. The minimum atomic E-state index is -0.740.